The highest BCUT2D eigenvalue weighted by atomic mass is 79.9. The first kappa shape index (κ1) is 15.5. The molecule has 2 rings (SSSR count). The molecule has 108 valence electrons. The first-order valence-electron chi connectivity index (χ1n) is 6.65. The predicted octanol–water partition coefficient (Wildman–Crippen LogP) is 4.05. The standard InChI is InChI=1S/C14H18BrClN4/c1-4-7-17-9(2)14-10(3)20(19-18-14)13-6-5-11(16)8-12(13)15/h5-6,8-9,17H,4,7H2,1-3H3. The molecule has 4 nitrogen and oxygen atoms in total. The summed E-state index contributed by atoms with van der Waals surface area (Å²) in [6, 6.07) is 5.83. The number of hydrogen-bond donors (Lipinski definition) is 1. The molecule has 1 atom stereocenters. The summed E-state index contributed by atoms with van der Waals surface area (Å²) in [6.07, 6.45) is 1.10. The Hall–Kier alpha value is -0.910. The van der Waals surface area contributed by atoms with Gasteiger partial charge in [0.25, 0.3) is 0 Å². The van der Waals surface area contributed by atoms with Gasteiger partial charge >= 0.3 is 0 Å². The van der Waals surface area contributed by atoms with Gasteiger partial charge in [-0.2, -0.15) is 0 Å². The van der Waals surface area contributed by atoms with Gasteiger partial charge in [-0.25, -0.2) is 4.68 Å². The largest absolute Gasteiger partial charge is 0.309 e. The first-order chi connectivity index (χ1) is 9.54. The summed E-state index contributed by atoms with van der Waals surface area (Å²) in [5, 5.41) is 12.7. The highest BCUT2D eigenvalue weighted by Gasteiger charge is 2.16. The molecule has 6 heteroatoms. The van der Waals surface area contributed by atoms with Crippen LogP contribution in [-0.4, -0.2) is 21.5 Å². The SMILES string of the molecule is CCCNC(C)c1nnn(-c2ccc(Cl)cc2Br)c1C. The molecule has 1 heterocycles. The second kappa shape index (κ2) is 6.70. The fraction of sp³-hybridized carbons (Fsp3) is 0.429. The summed E-state index contributed by atoms with van der Waals surface area (Å²) < 4.78 is 2.73. The molecule has 0 aliphatic carbocycles. The number of aromatic nitrogens is 3. The van der Waals surface area contributed by atoms with Crippen molar-refractivity contribution in [3.63, 3.8) is 0 Å². The molecule has 0 radical (unpaired) electrons. The van der Waals surface area contributed by atoms with Gasteiger partial charge in [0.2, 0.25) is 0 Å². The maximum Gasteiger partial charge on any atom is 0.103 e. The van der Waals surface area contributed by atoms with Crippen molar-refractivity contribution in [1.82, 2.24) is 20.3 Å². The molecule has 2 aromatic rings. The Bertz CT molecular complexity index is 597. The van der Waals surface area contributed by atoms with Gasteiger partial charge in [0.05, 0.1) is 17.4 Å². The first-order valence-corrected chi connectivity index (χ1v) is 7.82. The molecule has 0 aliphatic rings. The zero-order valence-corrected chi connectivity index (χ0v) is 14.2. The van der Waals surface area contributed by atoms with Gasteiger partial charge in [0, 0.05) is 9.50 Å². The van der Waals surface area contributed by atoms with Gasteiger partial charge in [-0.15, -0.1) is 5.10 Å². The highest BCUT2D eigenvalue weighted by molar-refractivity contribution is 9.10. The van der Waals surface area contributed by atoms with Gasteiger partial charge < -0.3 is 5.32 Å². The zero-order chi connectivity index (χ0) is 14.7. The van der Waals surface area contributed by atoms with Crippen LogP contribution < -0.4 is 5.32 Å². The van der Waals surface area contributed by atoms with Crippen LogP contribution in [0.2, 0.25) is 5.02 Å². The van der Waals surface area contributed by atoms with E-state index in [1.165, 1.54) is 0 Å². The van der Waals surface area contributed by atoms with Gasteiger partial charge in [-0.05, 0) is 60.9 Å². The van der Waals surface area contributed by atoms with E-state index in [9.17, 15) is 0 Å². The molecular formula is C14H18BrClN4. The summed E-state index contributed by atoms with van der Waals surface area (Å²) in [6.45, 7) is 7.25. The lowest BCUT2D eigenvalue weighted by Crippen LogP contribution is -2.20. The molecule has 0 spiro atoms. The lowest BCUT2D eigenvalue weighted by Gasteiger charge is -2.12. The van der Waals surface area contributed by atoms with E-state index in [-0.39, 0.29) is 6.04 Å². The number of hydrogen-bond acceptors (Lipinski definition) is 3. The highest BCUT2D eigenvalue weighted by Crippen LogP contribution is 2.26. The fourth-order valence-electron chi connectivity index (χ4n) is 2.08. The lowest BCUT2D eigenvalue weighted by atomic mass is 10.2. The molecule has 1 unspecified atom stereocenters. The van der Waals surface area contributed by atoms with Crippen molar-refractivity contribution < 1.29 is 0 Å². The van der Waals surface area contributed by atoms with E-state index in [1.807, 2.05) is 29.8 Å². The van der Waals surface area contributed by atoms with E-state index in [0.29, 0.717) is 5.02 Å². The van der Waals surface area contributed by atoms with Crippen LogP contribution in [0.3, 0.4) is 0 Å². The molecule has 0 amide bonds. The van der Waals surface area contributed by atoms with Gasteiger partial charge in [0.1, 0.15) is 5.69 Å². The number of rotatable bonds is 5. The zero-order valence-electron chi connectivity index (χ0n) is 11.8. The van der Waals surface area contributed by atoms with Crippen molar-refractivity contribution in [2.24, 2.45) is 0 Å². The van der Waals surface area contributed by atoms with Crippen LogP contribution in [0.15, 0.2) is 22.7 Å². The molecule has 0 bridgehead atoms. The predicted molar refractivity (Wildman–Crippen MR) is 85.5 cm³/mol. The molecule has 1 aromatic carbocycles. The second-order valence-corrected chi connectivity index (χ2v) is 6.03. The van der Waals surface area contributed by atoms with E-state index in [0.717, 1.165) is 34.5 Å². The van der Waals surface area contributed by atoms with Crippen LogP contribution in [0.1, 0.15) is 37.7 Å². The van der Waals surface area contributed by atoms with Gasteiger partial charge in [-0.1, -0.05) is 23.7 Å². The average molecular weight is 358 g/mol. The van der Waals surface area contributed by atoms with Crippen molar-refractivity contribution in [3.8, 4) is 5.69 Å². The summed E-state index contributed by atoms with van der Waals surface area (Å²) in [7, 11) is 0. The average Bonchev–Trinajstić information content (AvgIpc) is 2.78. The number of benzene rings is 1. The maximum absolute atomic E-state index is 5.97. The third-order valence-electron chi connectivity index (χ3n) is 3.18. The minimum atomic E-state index is 0.190. The number of nitrogens with zero attached hydrogens (tertiary/aromatic N) is 3. The molecule has 1 N–H and O–H groups in total. The fourth-order valence-corrected chi connectivity index (χ4v) is 2.93. The van der Waals surface area contributed by atoms with Crippen LogP contribution in [0.4, 0.5) is 0 Å². The molecule has 0 fully saturated rings. The molecule has 0 aliphatic heterocycles. The van der Waals surface area contributed by atoms with Crippen LogP contribution in [0.25, 0.3) is 5.69 Å². The Morgan fingerprint density at radius 3 is 2.85 bits per heavy atom. The normalized spacial score (nSPS) is 12.7. The summed E-state index contributed by atoms with van der Waals surface area (Å²) in [5.41, 5.74) is 2.94. The maximum atomic E-state index is 5.97. The van der Waals surface area contributed by atoms with E-state index < -0.39 is 0 Å². The van der Waals surface area contributed by atoms with Gasteiger partial charge in [0.15, 0.2) is 0 Å². The Kier molecular flexibility index (Phi) is 5.18. The second-order valence-electron chi connectivity index (χ2n) is 4.74. The van der Waals surface area contributed by atoms with E-state index in [1.54, 1.807) is 0 Å². The van der Waals surface area contributed by atoms with Crippen molar-refractivity contribution in [1.29, 1.82) is 0 Å². The minimum absolute atomic E-state index is 0.190. The number of nitrogens with one attached hydrogen (secondary N) is 1. The Morgan fingerprint density at radius 2 is 2.20 bits per heavy atom. The Morgan fingerprint density at radius 1 is 1.45 bits per heavy atom. The monoisotopic (exact) mass is 356 g/mol. The molecular weight excluding hydrogens is 340 g/mol. The summed E-state index contributed by atoms with van der Waals surface area (Å²) in [4.78, 5) is 0. The van der Waals surface area contributed by atoms with Crippen molar-refractivity contribution in [3.05, 3.63) is 39.1 Å². The quantitative estimate of drug-likeness (QED) is 0.877. The van der Waals surface area contributed by atoms with Crippen LogP contribution in [0, 0.1) is 6.92 Å². The van der Waals surface area contributed by atoms with Crippen LogP contribution in [-0.2, 0) is 0 Å². The van der Waals surface area contributed by atoms with Crippen molar-refractivity contribution in [2.45, 2.75) is 33.2 Å². The topological polar surface area (TPSA) is 42.7 Å². The number of halogens is 2. The van der Waals surface area contributed by atoms with E-state index in [2.05, 4.69) is 45.4 Å². The summed E-state index contributed by atoms with van der Waals surface area (Å²) >= 11 is 9.49. The third-order valence-corrected chi connectivity index (χ3v) is 4.05. The van der Waals surface area contributed by atoms with Crippen molar-refractivity contribution in [2.75, 3.05) is 6.54 Å². The Labute approximate surface area is 132 Å². The van der Waals surface area contributed by atoms with E-state index >= 15 is 0 Å². The third kappa shape index (κ3) is 3.22. The summed E-state index contributed by atoms with van der Waals surface area (Å²) in [5.74, 6) is 0. The van der Waals surface area contributed by atoms with Crippen LogP contribution in [0.5, 0.6) is 0 Å². The Balaban J connectivity index is 2.33. The van der Waals surface area contributed by atoms with Crippen molar-refractivity contribution >= 4 is 27.5 Å². The van der Waals surface area contributed by atoms with Gasteiger partial charge in [-0.3, -0.25) is 0 Å². The van der Waals surface area contributed by atoms with Crippen LogP contribution >= 0.6 is 27.5 Å². The lowest BCUT2D eigenvalue weighted by molar-refractivity contribution is 0.555. The smallest absolute Gasteiger partial charge is 0.103 e. The minimum Gasteiger partial charge on any atom is -0.309 e. The molecule has 1 aromatic heterocycles. The molecule has 20 heavy (non-hydrogen) atoms. The molecule has 0 saturated carbocycles. The van der Waals surface area contributed by atoms with E-state index in [4.69, 9.17) is 11.6 Å². The molecule has 0 saturated heterocycles.